The van der Waals surface area contributed by atoms with E-state index in [0.29, 0.717) is 5.92 Å². The maximum atomic E-state index is 4.15. The molecule has 0 radical (unpaired) electrons. The van der Waals surface area contributed by atoms with Crippen LogP contribution in [-0.2, 0) is 0 Å². The highest BCUT2D eigenvalue weighted by Gasteiger charge is 2.08. The second-order valence-electron chi connectivity index (χ2n) is 4.31. The molecule has 0 amide bonds. The first-order chi connectivity index (χ1) is 8.20. The van der Waals surface area contributed by atoms with Crippen LogP contribution >= 0.6 is 0 Å². The summed E-state index contributed by atoms with van der Waals surface area (Å²) < 4.78 is 0. The van der Waals surface area contributed by atoms with Gasteiger partial charge in [-0.25, -0.2) is 0 Å². The van der Waals surface area contributed by atoms with Gasteiger partial charge in [0.1, 0.15) is 0 Å². The lowest BCUT2D eigenvalue weighted by molar-refractivity contribution is 0.732. The Bertz CT molecular complexity index is 421. The third-order valence-corrected chi connectivity index (χ3v) is 3.05. The van der Waals surface area contributed by atoms with Gasteiger partial charge in [0, 0.05) is 0 Å². The zero-order valence-corrected chi connectivity index (χ0v) is 11.1. The average Bonchev–Trinajstić information content (AvgIpc) is 2.38. The van der Waals surface area contributed by atoms with Crippen LogP contribution in [-0.4, -0.2) is 0 Å². The van der Waals surface area contributed by atoms with E-state index in [-0.39, 0.29) is 0 Å². The summed E-state index contributed by atoms with van der Waals surface area (Å²) in [5.74, 6) is 0.582. The van der Waals surface area contributed by atoms with E-state index >= 15 is 0 Å². The number of benzene rings is 1. The van der Waals surface area contributed by atoms with Crippen LogP contribution in [0, 0.1) is 0 Å². The molecule has 1 aromatic rings. The second-order valence-corrected chi connectivity index (χ2v) is 4.31. The summed E-state index contributed by atoms with van der Waals surface area (Å²) in [5, 5.41) is 0. The molecule has 0 N–H and O–H groups in total. The summed E-state index contributed by atoms with van der Waals surface area (Å²) in [5.41, 5.74) is 3.74. The van der Waals surface area contributed by atoms with E-state index in [0.717, 1.165) is 12.0 Å². The van der Waals surface area contributed by atoms with Crippen molar-refractivity contribution in [2.75, 3.05) is 0 Å². The van der Waals surface area contributed by atoms with E-state index in [1.54, 1.807) is 0 Å². The molecule has 0 nitrogen and oxygen atoms in total. The fourth-order valence-corrected chi connectivity index (χ4v) is 1.81. The smallest absolute Gasteiger partial charge is 0.0155 e. The Morgan fingerprint density at radius 2 is 2.00 bits per heavy atom. The third-order valence-electron chi connectivity index (χ3n) is 3.05. The number of allylic oxidation sites excluding steroid dienone is 5. The Morgan fingerprint density at radius 1 is 1.29 bits per heavy atom. The molecule has 0 heteroatoms. The Balaban J connectivity index is 3.00. The topological polar surface area (TPSA) is 0 Å². The van der Waals surface area contributed by atoms with Gasteiger partial charge in [-0.05, 0) is 36.0 Å². The van der Waals surface area contributed by atoms with Gasteiger partial charge >= 0.3 is 0 Å². The Morgan fingerprint density at radius 3 is 2.65 bits per heavy atom. The van der Waals surface area contributed by atoms with Gasteiger partial charge in [0.05, 0.1) is 0 Å². The first-order valence-electron chi connectivity index (χ1n) is 6.28. The van der Waals surface area contributed by atoms with Crippen molar-refractivity contribution in [1.29, 1.82) is 0 Å². The summed E-state index contributed by atoms with van der Waals surface area (Å²) in [7, 11) is 0. The normalized spacial score (nSPS) is 13.4. The number of hydrogen-bond donors (Lipinski definition) is 0. The summed E-state index contributed by atoms with van der Waals surface area (Å²) in [6.07, 6.45) is 9.31. The average molecular weight is 226 g/mol. The van der Waals surface area contributed by atoms with Crippen LogP contribution in [0.1, 0.15) is 44.2 Å². The monoisotopic (exact) mass is 226 g/mol. The summed E-state index contributed by atoms with van der Waals surface area (Å²) in [6.45, 7) is 10.7. The first kappa shape index (κ1) is 13.5. The van der Waals surface area contributed by atoms with Crippen molar-refractivity contribution in [3.05, 3.63) is 66.3 Å². The molecule has 0 aromatic heterocycles. The molecule has 0 saturated carbocycles. The van der Waals surface area contributed by atoms with Gasteiger partial charge in [-0.1, -0.05) is 69.0 Å². The molecule has 1 aromatic carbocycles. The van der Waals surface area contributed by atoms with Gasteiger partial charge in [-0.2, -0.15) is 0 Å². The molecule has 0 heterocycles. The lowest BCUT2D eigenvalue weighted by Gasteiger charge is -2.14. The van der Waals surface area contributed by atoms with Crippen molar-refractivity contribution in [2.45, 2.75) is 33.1 Å². The van der Waals surface area contributed by atoms with Crippen LogP contribution in [0.2, 0.25) is 0 Å². The van der Waals surface area contributed by atoms with E-state index in [4.69, 9.17) is 0 Å². The van der Waals surface area contributed by atoms with E-state index < -0.39 is 0 Å². The molecule has 0 fully saturated rings. The van der Waals surface area contributed by atoms with Crippen molar-refractivity contribution >= 4 is 5.57 Å². The van der Waals surface area contributed by atoms with Crippen molar-refractivity contribution in [3.8, 4) is 0 Å². The Labute approximate surface area is 105 Å². The molecule has 1 unspecified atom stereocenters. The van der Waals surface area contributed by atoms with E-state index in [1.165, 1.54) is 11.1 Å². The van der Waals surface area contributed by atoms with E-state index in [2.05, 4.69) is 50.8 Å². The Hall–Kier alpha value is -1.56. The van der Waals surface area contributed by atoms with Gasteiger partial charge in [0.2, 0.25) is 0 Å². The van der Waals surface area contributed by atoms with Gasteiger partial charge in [-0.3, -0.25) is 0 Å². The highest BCUT2D eigenvalue weighted by Crippen LogP contribution is 2.27. The minimum atomic E-state index is 0.582. The first-order valence-corrected chi connectivity index (χ1v) is 6.28. The maximum absolute atomic E-state index is 4.15. The SMILES string of the molecule is C=C(/C=C\C=C/C)c1ccccc1C(C)CC. The van der Waals surface area contributed by atoms with Crippen molar-refractivity contribution < 1.29 is 0 Å². The largest absolute Gasteiger partial charge is 0.0911 e. The molecule has 1 rings (SSSR count). The Kier molecular flexibility index (Phi) is 5.48. The zero-order valence-electron chi connectivity index (χ0n) is 11.1. The minimum absolute atomic E-state index is 0.582. The molecule has 17 heavy (non-hydrogen) atoms. The van der Waals surface area contributed by atoms with Crippen LogP contribution in [0.25, 0.3) is 5.57 Å². The molecular weight excluding hydrogens is 204 g/mol. The molecule has 0 saturated heterocycles. The predicted octanol–water partition coefficient (Wildman–Crippen LogP) is 5.35. The fourth-order valence-electron chi connectivity index (χ4n) is 1.81. The molecule has 1 atom stereocenters. The number of hydrogen-bond acceptors (Lipinski definition) is 0. The van der Waals surface area contributed by atoms with E-state index in [9.17, 15) is 0 Å². The molecular formula is C17H22. The van der Waals surface area contributed by atoms with Gasteiger partial charge in [0.25, 0.3) is 0 Å². The van der Waals surface area contributed by atoms with Crippen LogP contribution in [0.4, 0.5) is 0 Å². The van der Waals surface area contributed by atoms with Crippen molar-refractivity contribution in [3.63, 3.8) is 0 Å². The fraction of sp³-hybridized carbons (Fsp3) is 0.294. The highest BCUT2D eigenvalue weighted by molar-refractivity contribution is 5.74. The maximum Gasteiger partial charge on any atom is -0.0155 e. The quantitative estimate of drug-likeness (QED) is 0.594. The standard InChI is InChI=1S/C17H22/c1-5-7-8-11-15(4)17-13-10-9-12-16(17)14(3)6-2/h5,7-14H,4,6H2,1-3H3/b7-5-,11-8-. The van der Waals surface area contributed by atoms with Crippen molar-refractivity contribution in [1.82, 2.24) is 0 Å². The van der Waals surface area contributed by atoms with Crippen LogP contribution in [0.5, 0.6) is 0 Å². The second kappa shape index (κ2) is 6.90. The van der Waals surface area contributed by atoms with Gasteiger partial charge in [-0.15, -0.1) is 0 Å². The lowest BCUT2D eigenvalue weighted by atomic mass is 9.90. The molecule has 0 aliphatic carbocycles. The van der Waals surface area contributed by atoms with Crippen LogP contribution in [0.15, 0.2) is 55.1 Å². The third kappa shape index (κ3) is 3.74. The van der Waals surface area contributed by atoms with Crippen LogP contribution in [0.3, 0.4) is 0 Å². The highest BCUT2D eigenvalue weighted by atomic mass is 14.1. The van der Waals surface area contributed by atoms with Gasteiger partial charge < -0.3 is 0 Å². The molecule has 0 aliphatic heterocycles. The summed E-state index contributed by atoms with van der Waals surface area (Å²) in [4.78, 5) is 0. The molecule has 90 valence electrons. The zero-order chi connectivity index (χ0) is 12.7. The summed E-state index contributed by atoms with van der Waals surface area (Å²) >= 11 is 0. The molecule has 0 spiro atoms. The molecule has 0 bridgehead atoms. The molecule has 0 aliphatic rings. The summed E-state index contributed by atoms with van der Waals surface area (Å²) in [6, 6.07) is 8.55. The lowest BCUT2D eigenvalue weighted by Crippen LogP contribution is -1.96. The van der Waals surface area contributed by atoms with E-state index in [1.807, 2.05) is 25.2 Å². The minimum Gasteiger partial charge on any atom is -0.0911 e. The van der Waals surface area contributed by atoms with Gasteiger partial charge in [0.15, 0.2) is 0 Å². The van der Waals surface area contributed by atoms with Crippen molar-refractivity contribution in [2.24, 2.45) is 0 Å². The number of rotatable bonds is 5. The predicted molar refractivity (Wildman–Crippen MR) is 78.1 cm³/mol. The van der Waals surface area contributed by atoms with Crippen LogP contribution < -0.4 is 0 Å².